The summed E-state index contributed by atoms with van der Waals surface area (Å²) in [5.74, 6) is -0.991. The highest BCUT2D eigenvalue weighted by atomic mass is 19.1. The molecule has 0 radical (unpaired) electrons. The van der Waals surface area contributed by atoms with E-state index in [1.165, 1.54) is 18.6 Å². The maximum absolute atomic E-state index is 13.2. The first-order chi connectivity index (χ1) is 9.65. The van der Waals surface area contributed by atoms with Gasteiger partial charge >= 0.3 is 0 Å². The average Bonchev–Trinajstić information content (AvgIpc) is 2.22. The molecule has 1 saturated carbocycles. The average molecular weight is 295 g/mol. The topological polar surface area (TPSA) is 12.0 Å². The van der Waals surface area contributed by atoms with Crippen LogP contribution in [0.15, 0.2) is 18.2 Å². The maximum atomic E-state index is 13.2. The Morgan fingerprint density at radius 2 is 1.52 bits per heavy atom. The zero-order valence-corrected chi connectivity index (χ0v) is 13.6. The van der Waals surface area contributed by atoms with Crippen molar-refractivity contribution in [3.63, 3.8) is 0 Å². The van der Waals surface area contributed by atoms with Crippen LogP contribution >= 0.6 is 0 Å². The smallest absolute Gasteiger partial charge is 0.126 e. The lowest BCUT2D eigenvalue weighted by Gasteiger charge is -2.45. The Morgan fingerprint density at radius 1 is 1.00 bits per heavy atom. The van der Waals surface area contributed by atoms with Crippen molar-refractivity contribution in [1.82, 2.24) is 5.32 Å². The summed E-state index contributed by atoms with van der Waals surface area (Å²) in [6.07, 6.45) is 4.22. The molecular formula is C18H27F2N. The summed E-state index contributed by atoms with van der Waals surface area (Å²) in [7, 11) is 0. The van der Waals surface area contributed by atoms with Crippen LogP contribution in [0.5, 0.6) is 0 Å². The largest absolute Gasteiger partial charge is 0.314 e. The molecule has 21 heavy (non-hydrogen) atoms. The Balaban J connectivity index is 1.88. The minimum Gasteiger partial charge on any atom is -0.314 e. The number of hydrogen-bond donors (Lipinski definition) is 1. The van der Waals surface area contributed by atoms with Gasteiger partial charge in [-0.2, -0.15) is 0 Å². The van der Waals surface area contributed by atoms with Crippen molar-refractivity contribution in [2.45, 2.75) is 59.4 Å². The molecule has 0 aliphatic heterocycles. The van der Waals surface area contributed by atoms with Gasteiger partial charge in [0.25, 0.3) is 0 Å². The molecule has 1 aromatic rings. The molecule has 1 aromatic carbocycles. The fourth-order valence-corrected chi connectivity index (χ4v) is 4.17. The number of nitrogens with one attached hydrogen (secondary N) is 1. The number of halogens is 2. The minimum absolute atomic E-state index is 0.352. The van der Waals surface area contributed by atoms with Crippen molar-refractivity contribution in [2.24, 2.45) is 10.8 Å². The monoisotopic (exact) mass is 295 g/mol. The predicted octanol–water partition coefficient (Wildman–Crippen LogP) is 4.70. The zero-order chi connectivity index (χ0) is 15.7. The van der Waals surface area contributed by atoms with Gasteiger partial charge in [0.2, 0.25) is 0 Å². The molecule has 0 atom stereocenters. The first-order valence-corrected chi connectivity index (χ1v) is 7.84. The van der Waals surface area contributed by atoms with E-state index >= 15 is 0 Å². The molecule has 1 N–H and O–H groups in total. The van der Waals surface area contributed by atoms with E-state index in [0.717, 1.165) is 25.5 Å². The lowest BCUT2D eigenvalue weighted by Crippen LogP contribution is -2.44. The highest BCUT2D eigenvalue weighted by Gasteiger charge is 2.37. The number of benzene rings is 1. The Hall–Kier alpha value is -0.960. The summed E-state index contributed by atoms with van der Waals surface area (Å²) in [5, 5.41) is 3.58. The lowest BCUT2D eigenvalue weighted by molar-refractivity contribution is 0.0854. The SMILES string of the molecule is CC1(C)CC(NCCc2cc(F)cc(F)c2)CC(C)(C)C1. The Bertz CT molecular complexity index is 458. The van der Waals surface area contributed by atoms with Gasteiger partial charge in [-0.15, -0.1) is 0 Å². The van der Waals surface area contributed by atoms with Crippen LogP contribution in [0.3, 0.4) is 0 Å². The van der Waals surface area contributed by atoms with Crippen LogP contribution in [0.2, 0.25) is 0 Å². The Morgan fingerprint density at radius 3 is 2.05 bits per heavy atom. The zero-order valence-electron chi connectivity index (χ0n) is 13.6. The van der Waals surface area contributed by atoms with Gasteiger partial charge in [0.05, 0.1) is 0 Å². The molecular weight excluding hydrogens is 268 g/mol. The van der Waals surface area contributed by atoms with Gasteiger partial charge in [-0.1, -0.05) is 27.7 Å². The summed E-state index contributed by atoms with van der Waals surface area (Å²) < 4.78 is 26.3. The molecule has 0 aromatic heterocycles. The van der Waals surface area contributed by atoms with Gasteiger partial charge in [-0.05, 0) is 60.8 Å². The van der Waals surface area contributed by atoms with Gasteiger partial charge in [-0.3, -0.25) is 0 Å². The Kier molecular flexibility index (Phi) is 4.72. The van der Waals surface area contributed by atoms with E-state index < -0.39 is 11.6 Å². The van der Waals surface area contributed by atoms with Gasteiger partial charge in [0.15, 0.2) is 0 Å². The highest BCUT2D eigenvalue weighted by Crippen LogP contribution is 2.45. The summed E-state index contributed by atoms with van der Waals surface area (Å²) in [6, 6.07) is 4.24. The van der Waals surface area contributed by atoms with Gasteiger partial charge in [-0.25, -0.2) is 8.78 Å². The molecule has 118 valence electrons. The number of hydrogen-bond acceptors (Lipinski definition) is 1. The highest BCUT2D eigenvalue weighted by molar-refractivity contribution is 5.18. The molecule has 0 spiro atoms. The summed E-state index contributed by atoms with van der Waals surface area (Å²) in [6.45, 7) is 10.1. The molecule has 1 fully saturated rings. The van der Waals surface area contributed by atoms with Crippen LogP contribution in [-0.4, -0.2) is 12.6 Å². The maximum Gasteiger partial charge on any atom is 0.126 e. The normalized spacial score (nSPS) is 21.4. The van der Waals surface area contributed by atoms with Gasteiger partial charge < -0.3 is 5.32 Å². The molecule has 1 aliphatic rings. The second-order valence-electron chi connectivity index (χ2n) is 8.09. The van der Waals surface area contributed by atoms with E-state index in [0.29, 0.717) is 28.9 Å². The number of rotatable bonds is 4. The predicted molar refractivity (Wildman–Crippen MR) is 83.3 cm³/mol. The van der Waals surface area contributed by atoms with Crippen LogP contribution < -0.4 is 5.32 Å². The quantitative estimate of drug-likeness (QED) is 0.849. The lowest BCUT2D eigenvalue weighted by atomic mass is 9.63. The molecule has 0 amide bonds. The summed E-state index contributed by atoms with van der Waals surface area (Å²) >= 11 is 0. The van der Waals surface area contributed by atoms with Crippen molar-refractivity contribution in [3.8, 4) is 0 Å². The first kappa shape index (κ1) is 16.4. The van der Waals surface area contributed by atoms with Crippen LogP contribution in [0.25, 0.3) is 0 Å². The molecule has 1 nitrogen and oxygen atoms in total. The fourth-order valence-electron chi connectivity index (χ4n) is 4.17. The molecule has 0 unspecified atom stereocenters. The van der Waals surface area contributed by atoms with Crippen LogP contribution in [-0.2, 0) is 6.42 Å². The second kappa shape index (κ2) is 6.04. The third-order valence-electron chi connectivity index (χ3n) is 4.32. The third-order valence-corrected chi connectivity index (χ3v) is 4.32. The second-order valence-corrected chi connectivity index (χ2v) is 8.09. The molecule has 1 aliphatic carbocycles. The van der Waals surface area contributed by atoms with Crippen LogP contribution in [0, 0.1) is 22.5 Å². The van der Waals surface area contributed by atoms with E-state index in [4.69, 9.17) is 0 Å². The molecule has 2 rings (SSSR count). The van der Waals surface area contributed by atoms with Crippen molar-refractivity contribution < 1.29 is 8.78 Å². The van der Waals surface area contributed by atoms with E-state index in [9.17, 15) is 8.78 Å². The Labute approximate surface area is 127 Å². The van der Waals surface area contributed by atoms with Crippen LogP contribution in [0.4, 0.5) is 8.78 Å². The summed E-state index contributed by atoms with van der Waals surface area (Å²) in [4.78, 5) is 0. The van der Waals surface area contributed by atoms with Gasteiger partial charge in [0, 0.05) is 12.1 Å². The first-order valence-electron chi connectivity index (χ1n) is 7.84. The van der Waals surface area contributed by atoms with E-state index in [-0.39, 0.29) is 0 Å². The summed E-state index contributed by atoms with van der Waals surface area (Å²) in [5.41, 5.74) is 1.42. The van der Waals surface area contributed by atoms with Crippen LogP contribution in [0.1, 0.15) is 52.5 Å². The molecule has 3 heteroatoms. The molecule has 0 heterocycles. The van der Waals surface area contributed by atoms with Crippen molar-refractivity contribution in [2.75, 3.05) is 6.54 Å². The standard InChI is InChI=1S/C18H27F2N/c1-17(2)10-16(11-18(3,4)12-17)21-6-5-13-7-14(19)9-15(20)8-13/h7-9,16,21H,5-6,10-12H2,1-4H3. The van der Waals surface area contributed by atoms with E-state index in [1.807, 2.05) is 0 Å². The van der Waals surface area contributed by atoms with E-state index in [1.54, 1.807) is 0 Å². The fraction of sp³-hybridized carbons (Fsp3) is 0.667. The van der Waals surface area contributed by atoms with E-state index in [2.05, 4.69) is 33.0 Å². The van der Waals surface area contributed by atoms with Gasteiger partial charge in [0.1, 0.15) is 11.6 Å². The van der Waals surface area contributed by atoms with Crippen molar-refractivity contribution >= 4 is 0 Å². The molecule has 0 saturated heterocycles. The third kappa shape index (κ3) is 5.06. The minimum atomic E-state index is -0.495. The molecule has 0 bridgehead atoms. The van der Waals surface area contributed by atoms with Crippen molar-refractivity contribution in [1.29, 1.82) is 0 Å². The van der Waals surface area contributed by atoms with Crippen molar-refractivity contribution in [3.05, 3.63) is 35.4 Å².